The zero-order chi connectivity index (χ0) is 17.2. The summed E-state index contributed by atoms with van der Waals surface area (Å²) in [5.41, 5.74) is 0.412. The fourth-order valence-corrected chi connectivity index (χ4v) is 4.09. The van der Waals surface area contributed by atoms with Crippen LogP contribution in [0.2, 0.25) is 0 Å². The zero-order valence-electron chi connectivity index (χ0n) is 12.7. The summed E-state index contributed by atoms with van der Waals surface area (Å²) in [5.74, 6) is -0.603. The highest BCUT2D eigenvalue weighted by Gasteiger charge is 2.17. The molecular formula is C16H14FN3O2S2. The predicted octanol–water partition coefficient (Wildman–Crippen LogP) is 3.51. The lowest BCUT2D eigenvalue weighted by Crippen LogP contribution is -2.13. The van der Waals surface area contributed by atoms with Gasteiger partial charge in [-0.3, -0.25) is 4.72 Å². The fourth-order valence-electron chi connectivity index (χ4n) is 2.03. The number of rotatable bonds is 5. The van der Waals surface area contributed by atoms with Crippen molar-refractivity contribution < 1.29 is 12.8 Å². The number of benzene rings is 2. The molecule has 1 aromatic heterocycles. The number of aromatic nitrogens is 2. The summed E-state index contributed by atoms with van der Waals surface area (Å²) in [7, 11) is -2.02. The lowest BCUT2D eigenvalue weighted by atomic mass is 10.3. The first-order valence-corrected chi connectivity index (χ1v) is 9.28. The molecule has 24 heavy (non-hydrogen) atoms. The number of nitrogens with zero attached hydrogens (tertiary/aromatic N) is 2. The number of aryl methyl sites for hydroxylation is 1. The molecule has 3 rings (SSSR count). The Hall–Kier alpha value is -2.32. The van der Waals surface area contributed by atoms with E-state index < -0.39 is 15.8 Å². The predicted molar refractivity (Wildman–Crippen MR) is 91.0 cm³/mol. The van der Waals surface area contributed by atoms with Gasteiger partial charge in [-0.1, -0.05) is 18.2 Å². The summed E-state index contributed by atoms with van der Waals surface area (Å²) >= 11 is 1.34. The number of nitrogens with one attached hydrogen (secondary N) is 1. The smallest absolute Gasteiger partial charge is 0.262 e. The molecule has 0 fully saturated rings. The van der Waals surface area contributed by atoms with Crippen molar-refractivity contribution in [1.82, 2.24) is 9.55 Å². The number of hydrogen-bond donors (Lipinski definition) is 1. The van der Waals surface area contributed by atoms with E-state index in [0.29, 0.717) is 10.6 Å². The summed E-state index contributed by atoms with van der Waals surface area (Å²) in [4.78, 5) is 4.79. The van der Waals surface area contributed by atoms with Crippen molar-refractivity contribution in [2.24, 2.45) is 7.05 Å². The Morgan fingerprint density at radius 1 is 1.17 bits per heavy atom. The molecule has 0 atom stereocenters. The van der Waals surface area contributed by atoms with E-state index in [4.69, 9.17) is 0 Å². The summed E-state index contributed by atoms with van der Waals surface area (Å²) in [5, 5.41) is 0.729. The van der Waals surface area contributed by atoms with E-state index in [1.807, 2.05) is 23.9 Å². The van der Waals surface area contributed by atoms with Gasteiger partial charge < -0.3 is 4.57 Å². The lowest BCUT2D eigenvalue weighted by molar-refractivity contribution is 0.595. The van der Waals surface area contributed by atoms with E-state index >= 15 is 0 Å². The third-order valence-electron chi connectivity index (χ3n) is 3.22. The van der Waals surface area contributed by atoms with E-state index in [-0.39, 0.29) is 4.90 Å². The number of halogens is 1. The van der Waals surface area contributed by atoms with Crippen LogP contribution in [0.4, 0.5) is 10.1 Å². The Morgan fingerprint density at radius 3 is 2.67 bits per heavy atom. The van der Waals surface area contributed by atoms with Gasteiger partial charge in [-0.25, -0.2) is 17.8 Å². The molecule has 5 nitrogen and oxygen atoms in total. The van der Waals surface area contributed by atoms with Crippen LogP contribution in [0.3, 0.4) is 0 Å². The van der Waals surface area contributed by atoms with E-state index in [1.165, 1.54) is 30.0 Å². The zero-order valence-corrected chi connectivity index (χ0v) is 14.3. The summed E-state index contributed by atoms with van der Waals surface area (Å²) in [6.45, 7) is 0. The summed E-state index contributed by atoms with van der Waals surface area (Å²) in [6.07, 6.45) is 3.48. The van der Waals surface area contributed by atoms with Crippen molar-refractivity contribution in [1.29, 1.82) is 0 Å². The van der Waals surface area contributed by atoms with E-state index in [0.717, 1.165) is 11.2 Å². The Balaban J connectivity index is 1.92. The molecule has 0 unspecified atom stereocenters. The van der Waals surface area contributed by atoms with Crippen LogP contribution >= 0.6 is 11.8 Å². The van der Waals surface area contributed by atoms with Crippen molar-refractivity contribution in [2.45, 2.75) is 14.9 Å². The van der Waals surface area contributed by atoms with Crippen molar-refractivity contribution >= 4 is 27.5 Å². The first-order chi connectivity index (χ1) is 11.5. The van der Waals surface area contributed by atoms with Gasteiger partial charge in [0.2, 0.25) is 0 Å². The van der Waals surface area contributed by atoms with Gasteiger partial charge in [0, 0.05) is 24.3 Å². The van der Waals surface area contributed by atoms with Gasteiger partial charge in [0.05, 0.1) is 10.6 Å². The molecule has 124 valence electrons. The molecule has 0 bridgehead atoms. The van der Waals surface area contributed by atoms with Crippen molar-refractivity contribution in [3.8, 4) is 0 Å². The van der Waals surface area contributed by atoms with Gasteiger partial charge in [0.15, 0.2) is 5.16 Å². The molecule has 0 amide bonds. The molecule has 0 saturated carbocycles. The Bertz CT molecular complexity index is 971. The minimum Gasteiger partial charge on any atom is -0.329 e. The Morgan fingerprint density at radius 2 is 1.96 bits per heavy atom. The molecule has 1 N–H and O–H groups in total. The van der Waals surface area contributed by atoms with E-state index in [1.54, 1.807) is 24.4 Å². The molecule has 0 aliphatic rings. The summed E-state index contributed by atoms with van der Waals surface area (Å²) < 4.78 is 42.6. The number of imidazole rings is 1. The lowest BCUT2D eigenvalue weighted by Gasteiger charge is -2.12. The minimum atomic E-state index is -3.88. The second kappa shape index (κ2) is 6.66. The molecule has 0 spiro atoms. The van der Waals surface area contributed by atoms with Crippen LogP contribution in [-0.2, 0) is 17.1 Å². The molecule has 2 aromatic carbocycles. The van der Waals surface area contributed by atoms with Crippen molar-refractivity contribution in [3.05, 3.63) is 66.7 Å². The largest absolute Gasteiger partial charge is 0.329 e. The first-order valence-electron chi connectivity index (χ1n) is 6.98. The minimum absolute atomic E-state index is 0.126. The van der Waals surface area contributed by atoms with Gasteiger partial charge in [0.25, 0.3) is 10.0 Å². The monoisotopic (exact) mass is 363 g/mol. The Labute approximate surface area is 143 Å². The molecule has 0 radical (unpaired) electrons. The van der Waals surface area contributed by atoms with Gasteiger partial charge in [-0.15, -0.1) is 0 Å². The van der Waals surface area contributed by atoms with Crippen molar-refractivity contribution in [2.75, 3.05) is 4.72 Å². The van der Waals surface area contributed by atoms with E-state index in [9.17, 15) is 12.8 Å². The van der Waals surface area contributed by atoms with Gasteiger partial charge in [0.1, 0.15) is 5.82 Å². The number of sulfonamides is 1. The third kappa shape index (κ3) is 3.60. The van der Waals surface area contributed by atoms with Crippen LogP contribution in [0, 0.1) is 5.82 Å². The molecule has 3 aromatic rings. The van der Waals surface area contributed by atoms with Crippen LogP contribution in [0.25, 0.3) is 0 Å². The fraction of sp³-hybridized carbons (Fsp3) is 0.0625. The number of hydrogen-bond acceptors (Lipinski definition) is 4. The maximum atomic E-state index is 13.3. The van der Waals surface area contributed by atoms with Crippen LogP contribution in [0.1, 0.15) is 0 Å². The van der Waals surface area contributed by atoms with Crippen LogP contribution in [0.5, 0.6) is 0 Å². The van der Waals surface area contributed by atoms with Crippen LogP contribution in [-0.4, -0.2) is 18.0 Å². The molecule has 1 heterocycles. The quantitative estimate of drug-likeness (QED) is 0.753. The summed E-state index contributed by atoms with van der Waals surface area (Å²) in [6, 6.07) is 11.9. The maximum absolute atomic E-state index is 13.3. The van der Waals surface area contributed by atoms with Gasteiger partial charge >= 0.3 is 0 Å². The van der Waals surface area contributed by atoms with E-state index in [2.05, 4.69) is 9.71 Å². The first kappa shape index (κ1) is 16.5. The molecular weight excluding hydrogens is 349 g/mol. The van der Waals surface area contributed by atoms with Gasteiger partial charge in [-0.2, -0.15) is 0 Å². The SMILES string of the molecule is Cn1ccnc1Sc1ccccc1NS(=O)(=O)c1cccc(F)c1. The second-order valence-corrected chi connectivity index (χ2v) is 7.67. The molecule has 0 saturated heterocycles. The number of anilines is 1. The third-order valence-corrected chi connectivity index (χ3v) is 5.73. The standard InChI is InChI=1S/C16H14FN3O2S2/c1-20-10-9-18-16(20)23-15-8-3-2-7-14(15)19-24(21,22)13-6-4-5-12(17)11-13/h2-11,19H,1H3. The molecule has 0 aliphatic carbocycles. The van der Waals surface area contributed by atoms with Crippen LogP contribution < -0.4 is 4.72 Å². The van der Waals surface area contributed by atoms with Crippen molar-refractivity contribution in [3.63, 3.8) is 0 Å². The number of para-hydroxylation sites is 1. The topological polar surface area (TPSA) is 64.0 Å². The maximum Gasteiger partial charge on any atom is 0.262 e. The average Bonchev–Trinajstić information content (AvgIpc) is 2.94. The van der Waals surface area contributed by atoms with Crippen LogP contribution in [0.15, 0.2) is 75.9 Å². The normalized spacial score (nSPS) is 11.4. The highest BCUT2D eigenvalue weighted by Crippen LogP contribution is 2.33. The second-order valence-electron chi connectivity index (χ2n) is 4.98. The highest BCUT2D eigenvalue weighted by molar-refractivity contribution is 7.99. The van der Waals surface area contributed by atoms with Gasteiger partial charge in [-0.05, 0) is 42.1 Å². The Kier molecular flexibility index (Phi) is 4.59. The molecule has 8 heteroatoms. The highest BCUT2D eigenvalue weighted by atomic mass is 32.2. The average molecular weight is 363 g/mol. The molecule has 0 aliphatic heterocycles.